The number of nitrogens with zero attached hydrogens (tertiary/aromatic N) is 3. The van der Waals surface area contributed by atoms with Gasteiger partial charge < -0.3 is 29.5 Å². The van der Waals surface area contributed by atoms with Gasteiger partial charge in [0.05, 0.1) is 14.2 Å². The van der Waals surface area contributed by atoms with E-state index in [1.54, 1.807) is 14.2 Å². The highest BCUT2D eigenvalue weighted by atomic mass is 16.5. The lowest BCUT2D eigenvalue weighted by Gasteiger charge is -2.35. The Balaban J connectivity index is 1.26. The molecule has 1 N–H and O–H groups in total. The molecule has 2 saturated heterocycles. The number of amides is 1. The van der Waals surface area contributed by atoms with Crippen LogP contribution in [0.25, 0.3) is 0 Å². The molecule has 2 heterocycles. The van der Waals surface area contributed by atoms with Crippen LogP contribution in [-0.2, 0) is 6.54 Å². The Kier molecular flexibility index (Phi) is 8.29. The monoisotopic (exact) mass is 466 g/mol. The number of piperidine rings is 1. The fraction of sp³-hybridized carbons (Fsp3) is 0.519. The number of carbonyl (C=O) groups excluding carboxylic acids is 1. The maximum atomic E-state index is 12.9. The van der Waals surface area contributed by atoms with Crippen molar-refractivity contribution in [2.45, 2.75) is 32.4 Å². The number of benzene rings is 2. The predicted molar refractivity (Wildman–Crippen MR) is 136 cm³/mol. The van der Waals surface area contributed by atoms with Crippen molar-refractivity contribution in [3.05, 3.63) is 53.6 Å². The highest BCUT2D eigenvalue weighted by molar-refractivity contribution is 5.94. The lowest BCUT2D eigenvalue weighted by atomic mass is 10.0. The molecule has 0 saturated carbocycles. The average molecular weight is 467 g/mol. The van der Waals surface area contributed by atoms with E-state index in [1.807, 2.05) is 29.2 Å². The first-order valence-electron chi connectivity index (χ1n) is 12.4. The minimum atomic E-state index is 0.151. The van der Waals surface area contributed by atoms with E-state index in [2.05, 4.69) is 40.2 Å². The molecule has 0 bridgehead atoms. The number of carbonyl (C=O) groups is 1. The van der Waals surface area contributed by atoms with Gasteiger partial charge in [-0.05, 0) is 49.7 Å². The minimum Gasteiger partial charge on any atom is -0.493 e. The Morgan fingerprint density at radius 2 is 1.65 bits per heavy atom. The second-order valence-electron chi connectivity index (χ2n) is 9.07. The van der Waals surface area contributed by atoms with Crippen molar-refractivity contribution in [3.63, 3.8) is 0 Å². The van der Waals surface area contributed by atoms with Gasteiger partial charge in [-0.15, -0.1) is 0 Å². The summed E-state index contributed by atoms with van der Waals surface area (Å²) >= 11 is 0. The van der Waals surface area contributed by atoms with Crippen LogP contribution in [0.1, 0.15) is 35.7 Å². The lowest BCUT2D eigenvalue weighted by Crippen LogP contribution is -2.48. The average Bonchev–Trinajstić information content (AvgIpc) is 2.91. The van der Waals surface area contributed by atoms with Crippen molar-refractivity contribution in [1.82, 2.24) is 15.1 Å². The SMILES string of the molecule is CCN1CCN(C(=O)c2ccc(N3CCC(NCc4cccc(OC)c4OC)CC3)cc2)CC1. The first-order chi connectivity index (χ1) is 16.6. The van der Waals surface area contributed by atoms with Gasteiger partial charge in [-0.25, -0.2) is 0 Å². The zero-order valence-electron chi connectivity index (χ0n) is 20.8. The van der Waals surface area contributed by atoms with Crippen LogP contribution in [0.15, 0.2) is 42.5 Å². The summed E-state index contributed by atoms with van der Waals surface area (Å²) in [5.74, 6) is 1.72. The summed E-state index contributed by atoms with van der Waals surface area (Å²) in [6.07, 6.45) is 2.16. The molecule has 0 spiro atoms. The largest absolute Gasteiger partial charge is 0.493 e. The number of ether oxygens (including phenoxy) is 2. The Morgan fingerprint density at radius 3 is 2.26 bits per heavy atom. The van der Waals surface area contributed by atoms with E-state index in [1.165, 1.54) is 5.69 Å². The fourth-order valence-corrected chi connectivity index (χ4v) is 4.95. The Bertz CT molecular complexity index is 933. The van der Waals surface area contributed by atoms with Crippen LogP contribution in [0.4, 0.5) is 5.69 Å². The number of para-hydroxylation sites is 1. The van der Waals surface area contributed by atoms with Crippen molar-refractivity contribution in [3.8, 4) is 11.5 Å². The Hall–Kier alpha value is -2.77. The summed E-state index contributed by atoms with van der Waals surface area (Å²) in [7, 11) is 3.35. The van der Waals surface area contributed by atoms with Gasteiger partial charge in [0, 0.05) is 68.7 Å². The first kappa shape index (κ1) is 24.4. The molecule has 0 atom stereocenters. The molecule has 0 aromatic heterocycles. The first-order valence-corrected chi connectivity index (χ1v) is 12.4. The summed E-state index contributed by atoms with van der Waals surface area (Å²) < 4.78 is 11.0. The quantitative estimate of drug-likeness (QED) is 0.645. The Labute approximate surface area is 203 Å². The van der Waals surface area contributed by atoms with E-state index < -0.39 is 0 Å². The molecule has 1 amide bonds. The fourth-order valence-electron chi connectivity index (χ4n) is 4.95. The van der Waals surface area contributed by atoms with Crippen molar-refractivity contribution >= 4 is 11.6 Å². The van der Waals surface area contributed by atoms with Gasteiger partial charge in [0.15, 0.2) is 11.5 Å². The van der Waals surface area contributed by atoms with Crippen LogP contribution in [0, 0.1) is 0 Å². The van der Waals surface area contributed by atoms with Crippen molar-refractivity contribution in [1.29, 1.82) is 0 Å². The van der Waals surface area contributed by atoms with E-state index >= 15 is 0 Å². The molecule has 7 heteroatoms. The molecule has 184 valence electrons. The summed E-state index contributed by atoms with van der Waals surface area (Å²) in [6, 6.07) is 14.7. The van der Waals surface area contributed by atoms with Gasteiger partial charge in [-0.1, -0.05) is 19.1 Å². The molecule has 0 radical (unpaired) electrons. The van der Waals surface area contributed by atoms with Crippen molar-refractivity contribution < 1.29 is 14.3 Å². The van der Waals surface area contributed by atoms with Gasteiger partial charge in [0.25, 0.3) is 5.91 Å². The number of nitrogens with one attached hydrogen (secondary N) is 1. The van der Waals surface area contributed by atoms with Crippen LogP contribution in [0.5, 0.6) is 11.5 Å². The lowest BCUT2D eigenvalue weighted by molar-refractivity contribution is 0.0643. The maximum absolute atomic E-state index is 12.9. The van der Waals surface area contributed by atoms with Crippen LogP contribution >= 0.6 is 0 Å². The molecule has 34 heavy (non-hydrogen) atoms. The third kappa shape index (κ3) is 5.65. The number of hydrogen-bond acceptors (Lipinski definition) is 6. The predicted octanol–water partition coefficient (Wildman–Crippen LogP) is 3.24. The molecular formula is C27H38N4O3. The van der Waals surface area contributed by atoms with Gasteiger partial charge in [-0.2, -0.15) is 0 Å². The molecule has 4 rings (SSSR count). The summed E-state index contributed by atoms with van der Waals surface area (Å²) in [5, 5.41) is 3.69. The van der Waals surface area contributed by atoms with E-state index in [0.29, 0.717) is 6.04 Å². The van der Waals surface area contributed by atoms with Crippen molar-refractivity contribution in [2.24, 2.45) is 0 Å². The zero-order valence-corrected chi connectivity index (χ0v) is 20.8. The minimum absolute atomic E-state index is 0.151. The molecule has 2 aliphatic rings. The topological polar surface area (TPSA) is 57.3 Å². The van der Waals surface area contributed by atoms with Crippen LogP contribution in [-0.4, -0.2) is 81.8 Å². The summed E-state index contributed by atoms with van der Waals surface area (Å²) in [4.78, 5) is 19.7. The second kappa shape index (κ2) is 11.6. The molecule has 0 unspecified atom stereocenters. The molecule has 2 fully saturated rings. The van der Waals surface area contributed by atoms with Gasteiger partial charge >= 0.3 is 0 Å². The number of hydrogen-bond donors (Lipinski definition) is 1. The molecular weight excluding hydrogens is 428 g/mol. The summed E-state index contributed by atoms with van der Waals surface area (Å²) in [6.45, 7) is 9.55. The number of piperazine rings is 1. The highest BCUT2D eigenvalue weighted by Gasteiger charge is 2.23. The van der Waals surface area contributed by atoms with E-state index in [0.717, 1.165) is 87.8 Å². The third-order valence-electron chi connectivity index (χ3n) is 7.15. The van der Waals surface area contributed by atoms with Crippen LogP contribution < -0.4 is 19.7 Å². The third-order valence-corrected chi connectivity index (χ3v) is 7.15. The summed E-state index contributed by atoms with van der Waals surface area (Å²) in [5.41, 5.74) is 3.10. The standard InChI is InChI=1S/C27H38N4O3/c1-4-29-16-18-31(19-17-29)27(32)21-8-10-24(11-9-21)30-14-12-23(13-15-30)28-20-22-6-5-7-25(33-2)26(22)34-3/h5-11,23,28H,4,12-20H2,1-3H3. The number of methoxy groups -OCH3 is 2. The van der Waals surface area contributed by atoms with E-state index in [-0.39, 0.29) is 5.91 Å². The molecule has 2 aliphatic heterocycles. The van der Waals surface area contributed by atoms with E-state index in [4.69, 9.17) is 9.47 Å². The smallest absolute Gasteiger partial charge is 0.253 e. The molecule has 2 aromatic carbocycles. The van der Waals surface area contributed by atoms with Crippen LogP contribution in [0.2, 0.25) is 0 Å². The maximum Gasteiger partial charge on any atom is 0.253 e. The highest BCUT2D eigenvalue weighted by Crippen LogP contribution is 2.31. The Morgan fingerprint density at radius 1 is 0.941 bits per heavy atom. The number of rotatable bonds is 8. The number of anilines is 1. The second-order valence-corrected chi connectivity index (χ2v) is 9.07. The van der Waals surface area contributed by atoms with Crippen molar-refractivity contribution in [2.75, 3.05) is 64.9 Å². The number of likely N-dealkylation sites (N-methyl/N-ethyl adjacent to an activating group) is 1. The van der Waals surface area contributed by atoms with E-state index in [9.17, 15) is 4.79 Å². The van der Waals surface area contributed by atoms with Gasteiger partial charge in [0.2, 0.25) is 0 Å². The zero-order chi connectivity index (χ0) is 23.9. The van der Waals surface area contributed by atoms with Gasteiger partial charge in [-0.3, -0.25) is 4.79 Å². The normalized spacial score (nSPS) is 17.6. The van der Waals surface area contributed by atoms with Gasteiger partial charge in [0.1, 0.15) is 0 Å². The molecule has 0 aliphatic carbocycles. The molecule has 2 aromatic rings. The molecule has 7 nitrogen and oxygen atoms in total. The van der Waals surface area contributed by atoms with Crippen LogP contribution in [0.3, 0.4) is 0 Å².